The molecule has 1 aliphatic carbocycles. The van der Waals surface area contributed by atoms with Gasteiger partial charge in [-0.25, -0.2) is 8.78 Å². The lowest BCUT2D eigenvalue weighted by Crippen LogP contribution is -2.40. The standard InChI is InChI=1S/C18H20F2N2O2/c19-14-4-3-5-15(20)16(14)18(6-1-2-7-18)11-22-17(23)12-8-13(9-21)24-10-12/h3-5,8,10H,1-2,6-7,9,11,21H2,(H,22,23). The van der Waals surface area contributed by atoms with Gasteiger partial charge in [0.2, 0.25) is 0 Å². The molecule has 128 valence electrons. The van der Waals surface area contributed by atoms with Gasteiger partial charge >= 0.3 is 0 Å². The molecule has 1 amide bonds. The molecule has 1 aliphatic rings. The molecule has 1 fully saturated rings. The number of rotatable bonds is 5. The van der Waals surface area contributed by atoms with E-state index in [1.54, 1.807) is 6.07 Å². The largest absolute Gasteiger partial charge is 0.467 e. The lowest BCUT2D eigenvalue weighted by Gasteiger charge is -2.30. The van der Waals surface area contributed by atoms with E-state index in [1.165, 1.54) is 24.5 Å². The number of furan rings is 1. The second-order valence-corrected chi connectivity index (χ2v) is 6.27. The highest BCUT2D eigenvalue weighted by molar-refractivity contribution is 5.94. The van der Waals surface area contributed by atoms with Crippen LogP contribution in [0, 0.1) is 11.6 Å². The molecular weight excluding hydrogens is 314 g/mol. The number of nitrogens with two attached hydrogens (primary N) is 1. The summed E-state index contributed by atoms with van der Waals surface area (Å²) in [6.45, 7) is 0.393. The van der Waals surface area contributed by atoms with Crippen LogP contribution in [-0.2, 0) is 12.0 Å². The Morgan fingerprint density at radius 2 is 1.92 bits per heavy atom. The number of amides is 1. The van der Waals surface area contributed by atoms with Gasteiger partial charge in [-0.15, -0.1) is 0 Å². The topological polar surface area (TPSA) is 68.3 Å². The summed E-state index contributed by atoms with van der Waals surface area (Å²) in [5.74, 6) is -0.933. The van der Waals surface area contributed by atoms with Gasteiger partial charge in [0.25, 0.3) is 5.91 Å². The molecule has 1 saturated carbocycles. The number of halogens is 2. The molecule has 0 spiro atoms. The predicted molar refractivity (Wildman–Crippen MR) is 85.4 cm³/mol. The molecule has 3 N–H and O–H groups in total. The van der Waals surface area contributed by atoms with Crippen molar-refractivity contribution in [2.75, 3.05) is 6.54 Å². The number of carbonyl (C=O) groups is 1. The van der Waals surface area contributed by atoms with Crippen LogP contribution in [0.4, 0.5) is 8.78 Å². The van der Waals surface area contributed by atoms with Gasteiger partial charge in [-0.3, -0.25) is 4.79 Å². The van der Waals surface area contributed by atoms with E-state index in [2.05, 4.69) is 5.32 Å². The summed E-state index contributed by atoms with van der Waals surface area (Å²) < 4.78 is 33.7. The Kier molecular flexibility index (Phi) is 4.66. The normalized spacial score (nSPS) is 16.3. The van der Waals surface area contributed by atoms with Crippen LogP contribution in [0.2, 0.25) is 0 Å². The minimum absolute atomic E-state index is 0.0811. The Bertz CT molecular complexity index is 716. The molecule has 0 aliphatic heterocycles. The maximum atomic E-state index is 14.3. The van der Waals surface area contributed by atoms with Crippen LogP contribution >= 0.6 is 0 Å². The second-order valence-electron chi connectivity index (χ2n) is 6.27. The number of benzene rings is 1. The van der Waals surface area contributed by atoms with Crippen LogP contribution < -0.4 is 11.1 Å². The van der Waals surface area contributed by atoms with Crippen molar-refractivity contribution in [2.24, 2.45) is 5.73 Å². The third-order valence-electron chi connectivity index (χ3n) is 4.76. The van der Waals surface area contributed by atoms with Crippen molar-refractivity contribution in [1.29, 1.82) is 0 Å². The SMILES string of the molecule is NCc1cc(C(=O)NCC2(c3c(F)cccc3F)CCCC2)co1. The van der Waals surface area contributed by atoms with Gasteiger partial charge in [0.15, 0.2) is 0 Å². The maximum Gasteiger partial charge on any atom is 0.254 e. The zero-order chi connectivity index (χ0) is 17.2. The van der Waals surface area contributed by atoms with Crippen molar-refractivity contribution in [1.82, 2.24) is 5.32 Å². The van der Waals surface area contributed by atoms with Gasteiger partial charge in [0.1, 0.15) is 23.7 Å². The first-order chi connectivity index (χ1) is 11.6. The smallest absolute Gasteiger partial charge is 0.254 e. The third kappa shape index (κ3) is 3.06. The molecule has 0 radical (unpaired) electrons. The Morgan fingerprint density at radius 3 is 2.50 bits per heavy atom. The summed E-state index contributed by atoms with van der Waals surface area (Å²) in [5.41, 5.74) is 5.20. The van der Waals surface area contributed by atoms with Gasteiger partial charge in [-0.2, -0.15) is 0 Å². The van der Waals surface area contributed by atoms with Gasteiger partial charge in [-0.05, 0) is 31.0 Å². The average molecular weight is 334 g/mol. The van der Waals surface area contributed by atoms with Crippen molar-refractivity contribution in [2.45, 2.75) is 37.6 Å². The fourth-order valence-electron chi connectivity index (χ4n) is 3.53. The summed E-state index contributed by atoms with van der Waals surface area (Å²) in [6.07, 6.45) is 4.39. The molecule has 0 unspecified atom stereocenters. The van der Waals surface area contributed by atoms with Gasteiger partial charge in [-0.1, -0.05) is 18.9 Å². The molecule has 0 atom stereocenters. The first-order valence-corrected chi connectivity index (χ1v) is 8.06. The maximum absolute atomic E-state index is 14.3. The van der Waals surface area contributed by atoms with Crippen LogP contribution in [0.1, 0.15) is 47.4 Å². The van der Waals surface area contributed by atoms with Crippen molar-refractivity contribution < 1.29 is 18.0 Å². The van der Waals surface area contributed by atoms with Gasteiger partial charge < -0.3 is 15.5 Å². The van der Waals surface area contributed by atoms with E-state index in [0.29, 0.717) is 24.2 Å². The van der Waals surface area contributed by atoms with E-state index < -0.39 is 17.0 Å². The Balaban J connectivity index is 1.81. The number of hydrogen-bond acceptors (Lipinski definition) is 3. The van der Waals surface area contributed by atoms with Crippen LogP contribution in [0.15, 0.2) is 34.9 Å². The van der Waals surface area contributed by atoms with E-state index in [-0.39, 0.29) is 24.6 Å². The van der Waals surface area contributed by atoms with E-state index in [4.69, 9.17) is 10.2 Å². The highest BCUT2D eigenvalue weighted by atomic mass is 19.1. The minimum Gasteiger partial charge on any atom is -0.467 e. The summed E-state index contributed by atoms with van der Waals surface area (Å²) in [6, 6.07) is 5.46. The van der Waals surface area contributed by atoms with Crippen molar-refractivity contribution in [3.05, 3.63) is 59.1 Å². The lowest BCUT2D eigenvalue weighted by molar-refractivity contribution is 0.0941. The summed E-state index contributed by atoms with van der Waals surface area (Å²) in [5, 5.41) is 2.80. The van der Waals surface area contributed by atoms with Crippen molar-refractivity contribution in [3.63, 3.8) is 0 Å². The molecule has 0 saturated heterocycles. The van der Waals surface area contributed by atoms with Crippen LogP contribution in [0.25, 0.3) is 0 Å². The zero-order valence-corrected chi connectivity index (χ0v) is 13.3. The monoisotopic (exact) mass is 334 g/mol. The Morgan fingerprint density at radius 1 is 1.25 bits per heavy atom. The first kappa shape index (κ1) is 16.6. The van der Waals surface area contributed by atoms with E-state index in [9.17, 15) is 13.6 Å². The molecule has 6 heteroatoms. The van der Waals surface area contributed by atoms with Crippen LogP contribution in [0.5, 0.6) is 0 Å². The molecule has 1 aromatic heterocycles. The molecule has 0 bridgehead atoms. The number of carbonyl (C=O) groups excluding carboxylic acids is 1. The summed E-state index contributed by atoms with van der Waals surface area (Å²) in [4.78, 5) is 12.3. The highest BCUT2D eigenvalue weighted by Gasteiger charge is 2.40. The average Bonchev–Trinajstić information content (AvgIpc) is 3.22. The molecule has 3 rings (SSSR count). The van der Waals surface area contributed by atoms with Crippen molar-refractivity contribution in [3.8, 4) is 0 Å². The summed E-state index contributed by atoms with van der Waals surface area (Å²) >= 11 is 0. The minimum atomic E-state index is -0.703. The fourth-order valence-corrected chi connectivity index (χ4v) is 3.53. The third-order valence-corrected chi connectivity index (χ3v) is 4.76. The quantitative estimate of drug-likeness (QED) is 0.882. The zero-order valence-electron chi connectivity index (χ0n) is 13.3. The van der Waals surface area contributed by atoms with E-state index >= 15 is 0 Å². The predicted octanol–water partition coefficient (Wildman–Crippen LogP) is 3.26. The molecule has 4 nitrogen and oxygen atoms in total. The van der Waals surface area contributed by atoms with Crippen LogP contribution in [-0.4, -0.2) is 12.5 Å². The van der Waals surface area contributed by atoms with Gasteiger partial charge in [0.05, 0.1) is 12.1 Å². The molecular formula is C18H20F2N2O2. The van der Waals surface area contributed by atoms with E-state index in [0.717, 1.165) is 12.8 Å². The first-order valence-electron chi connectivity index (χ1n) is 8.06. The highest BCUT2D eigenvalue weighted by Crippen LogP contribution is 2.42. The molecule has 1 aromatic carbocycles. The van der Waals surface area contributed by atoms with Crippen molar-refractivity contribution >= 4 is 5.91 Å². The fraction of sp³-hybridized carbons (Fsp3) is 0.389. The van der Waals surface area contributed by atoms with Crippen LogP contribution in [0.3, 0.4) is 0 Å². The molecule has 24 heavy (non-hydrogen) atoms. The second kappa shape index (κ2) is 6.73. The number of hydrogen-bond donors (Lipinski definition) is 2. The Labute approximate surface area is 139 Å². The number of nitrogens with one attached hydrogen (secondary N) is 1. The van der Waals surface area contributed by atoms with E-state index in [1.807, 2.05) is 0 Å². The van der Waals surface area contributed by atoms with Gasteiger partial charge in [0, 0.05) is 17.5 Å². The summed E-state index contributed by atoms with van der Waals surface area (Å²) in [7, 11) is 0. The lowest BCUT2D eigenvalue weighted by atomic mass is 9.78. The Hall–Kier alpha value is -2.21. The molecule has 2 aromatic rings. The molecule has 1 heterocycles.